The van der Waals surface area contributed by atoms with E-state index >= 15 is 0 Å². The van der Waals surface area contributed by atoms with Gasteiger partial charge in [-0.05, 0) is 63.0 Å². The zero-order chi connectivity index (χ0) is 18.0. The number of halogens is 1. The number of nitro groups is 1. The highest BCUT2D eigenvalue weighted by Crippen LogP contribution is 2.33. The number of rotatable bonds is 4. The Morgan fingerprint density at radius 2 is 1.80 bits per heavy atom. The number of anilines is 1. The number of aryl methyl sites for hydroxylation is 1. The van der Waals surface area contributed by atoms with Crippen LogP contribution in [0.1, 0.15) is 51.0 Å². The van der Waals surface area contributed by atoms with E-state index in [-0.39, 0.29) is 16.7 Å². The topological polar surface area (TPSA) is 58.4 Å². The van der Waals surface area contributed by atoms with Crippen molar-refractivity contribution in [2.24, 2.45) is 5.92 Å². The molecule has 0 radical (unpaired) electrons. The Morgan fingerprint density at radius 1 is 1.16 bits per heavy atom. The fourth-order valence-electron chi connectivity index (χ4n) is 4.17. The molecule has 25 heavy (non-hydrogen) atoms. The molecule has 1 aliphatic heterocycles. The molecule has 0 unspecified atom stereocenters. The number of nitrogens with zero attached hydrogens (tertiary/aromatic N) is 2. The molecule has 1 aliphatic carbocycles. The Bertz CT molecular complexity index is 621. The predicted octanol–water partition coefficient (Wildman–Crippen LogP) is 5.01. The molecular weight excluding hydrogens is 338 g/mol. The van der Waals surface area contributed by atoms with E-state index in [1.165, 1.54) is 31.7 Å². The molecule has 0 aromatic heterocycles. The van der Waals surface area contributed by atoms with Crippen molar-refractivity contribution in [1.29, 1.82) is 0 Å². The predicted molar refractivity (Wildman–Crippen MR) is 102 cm³/mol. The van der Waals surface area contributed by atoms with Crippen molar-refractivity contribution >= 4 is 23.0 Å². The minimum atomic E-state index is -0.355. The van der Waals surface area contributed by atoms with E-state index in [0.29, 0.717) is 10.7 Å². The molecule has 1 N–H and O–H groups in total. The number of hydrogen-bond acceptors (Lipinski definition) is 4. The van der Waals surface area contributed by atoms with E-state index in [4.69, 9.17) is 11.6 Å². The summed E-state index contributed by atoms with van der Waals surface area (Å²) in [5.74, 6) is 0.879. The van der Waals surface area contributed by atoms with Gasteiger partial charge in [0.2, 0.25) is 0 Å². The number of hydrogen-bond donors (Lipinski definition) is 1. The number of nitro benzene ring substituents is 1. The van der Waals surface area contributed by atoms with Crippen LogP contribution < -0.4 is 5.32 Å². The van der Waals surface area contributed by atoms with Crippen LogP contribution in [0.2, 0.25) is 5.02 Å². The standard InChI is InChI=1S/C19H28ClN3O2/c1-13-3-5-16(6-4-13)22-9-7-15(8-10-22)21-18-11-14(2)17(20)12-19(18)23(24)25/h11-13,15-16,21H,3-10H2,1-2H3. The van der Waals surface area contributed by atoms with Gasteiger partial charge in [0, 0.05) is 31.2 Å². The Morgan fingerprint density at radius 3 is 2.40 bits per heavy atom. The average Bonchev–Trinajstić information content (AvgIpc) is 2.59. The number of likely N-dealkylation sites (tertiary alicyclic amines) is 1. The summed E-state index contributed by atoms with van der Waals surface area (Å²) < 4.78 is 0. The Labute approximate surface area is 154 Å². The molecule has 5 nitrogen and oxygen atoms in total. The maximum atomic E-state index is 11.3. The fraction of sp³-hybridized carbons (Fsp3) is 0.684. The molecule has 0 atom stereocenters. The minimum absolute atomic E-state index is 0.0688. The van der Waals surface area contributed by atoms with Gasteiger partial charge in [0.15, 0.2) is 0 Å². The summed E-state index contributed by atoms with van der Waals surface area (Å²) in [5.41, 5.74) is 1.53. The van der Waals surface area contributed by atoms with Crippen LogP contribution in [-0.4, -0.2) is 35.0 Å². The summed E-state index contributed by atoms with van der Waals surface area (Å²) in [6, 6.07) is 4.29. The van der Waals surface area contributed by atoms with Crippen molar-refractivity contribution in [2.75, 3.05) is 18.4 Å². The second-order valence-corrected chi connectivity index (χ2v) is 8.15. The van der Waals surface area contributed by atoms with Crippen molar-refractivity contribution in [3.63, 3.8) is 0 Å². The highest BCUT2D eigenvalue weighted by atomic mass is 35.5. The lowest BCUT2D eigenvalue weighted by Gasteiger charge is -2.40. The second kappa shape index (κ2) is 7.92. The molecule has 1 aromatic carbocycles. The van der Waals surface area contributed by atoms with Gasteiger partial charge in [-0.25, -0.2) is 0 Å². The van der Waals surface area contributed by atoms with Gasteiger partial charge >= 0.3 is 0 Å². The van der Waals surface area contributed by atoms with Gasteiger partial charge in [0.05, 0.1) is 9.95 Å². The summed E-state index contributed by atoms with van der Waals surface area (Å²) >= 11 is 6.05. The van der Waals surface area contributed by atoms with Gasteiger partial charge in [-0.3, -0.25) is 10.1 Å². The smallest absolute Gasteiger partial charge is 0.293 e. The van der Waals surface area contributed by atoms with E-state index in [2.05, 4.69) is 17.1 Å². The van der Waals surface area contributed by atoms with Crippen molar-refractivity contribution in [1.82, 2.24) is 4.90 Å². The first-order valence-electron chi connectivity index (χ1n) is 9.39. The molecule has 3 rings (SSSR count). The molecule has 1 aromatic rings. The normalized spacial score (nSPS) is 25.7. The van der Waals surface area contributed by atoms with E-state index in [1.54, 1.807) is 6.07 Å². The third-order valence-electron chi connectivity index (χ3n) is 5.86. The molecule has 0 bridgehead atoms. The number of piperidine rings is 1. The highest BCUT2D eigenvalue weighted by molar-refractivity contribution is 6.31. The van der Waals surface area contributed by atoms with Gasteiger partial charge in [0.25, 0.3) is 5.69 Å². The van der Waals surface area contributed by atoms with Crippen LogP contribution in [0.5, 0.6) is 0 Å². The van der Waals surface area contributed by atoms with E-state index in [1.807, 2.05) is 6.92 Å². The van der Waals surface area contributed by atoms with Gasteiger partial charge in [0.1, 0.15) is 5.69 Å². The Balaban J connectivity index is 1.59. The van der Waals surface area contributed by atoms with Crippen LogP contribution in [0, 0.1) is 23.0 Å². The maximum absolute atomic E-state index is 11.3. The first-order valence-corrected chi connectivity index (χ1v) is 9.77. The molecule has 1 heterocycles. The molecule has 1 saturated heterocycles. The van der Waals surface area contributed by atoms with E-state index in [9.17, 15) is 10.1 Å². The molecule has 0 spiro atoms. The minimum Gasteiger partial charge on any atom is -0.377 e. The first-order chi connectivity index (χ1) is 11.9. The summed E-state index contributed by atoms with van der Waals surface area (Å²) in [6.07, 6.45) is 7.40. The SMILES string of the molecule is Cc1cc(NC2CCN(C3CCC(C)CC3)CC2)c([N+](=O)[O-])cc1Cl. The maximum Gasteiger partial charge on any atom is 0.293 e. The largest absolute Gasteiger partial charge is 0.377 e. The van der Waals surface area contributed by atoms with E-state index < -0.39 is 0 Å². The molecule has 0 amide bonds. The van der Waals surface area contributed by atoms with Gasteiger partial charge in [-0.1, -0.05) is 18.5 Å². The molecular formula is C19H28ClN3O2. The van der Waals surface area contributed by atoms with Gasteiger partial charge in [-0.2, -0.15) is 0 Å². The summed E-state index contributed by atoms with van der Waals surface area (Å²) in [6.45, 7) is 6.39. The van der Waals surface area contributed by atoms with Gasteiger partial charge < -0.3 is 10.2 Å². The van der Waals surface area contributed by atoms with Gasteiger partial charge in [-0.15, -0.1) is 0 Å². The lowest BCUT2D eigenvalue weighted by Crippen LogP contribution is -2.45. The van der Waals surface area contributed by atoms with Crippen molar-refractivity contribution in [3.8, 4) is 0 Å². The zero-order valence-corrected chi connectivity index (χ0v) is 15.9. The lowest BCUT2D eigenvalue weighted by atomic mass is 9.85. The monoisotopic (exact) mass is 365 g/mol. The third-order valence-corrected chi connectivity index (χ3v) is 6.27. The zero-order valence-electron chi connectivity index (χ0n) is 15.1. The highest BCUT2D eigenvalue weighted by Gasteiger charge is 2.28. The third kappa shape index (κ3) is 4.45. The van der Waals surface area contributed by atoms with Crippen LogP contribution in [-0.2, 0) is 0 Å². The first kappa shape index (κ1) is 18.5. The Kier molecular flexibility index (Phi) is 5.85. The van der Waals surface area contributed by atoms with Crippen LogP contribution in [0.15, 0.2) is 12.1 Å². The molecule has 1 saturated carbocycles. The van der Waals surface area contributed by atoms with Crippen LogP contribution in [0.25, 0.3) is 0 Å². The summed E-state index contributed by atoms with van der Waals surface area (Å²) in [5, 5.41) is 15.2. The van der Waals surface area contributed by atoms with Crippen molar-refractivity contribution < 1.29 is 4.92 Å². The second-order valence-electron chi connectivity index (χ2n) is 7.74. The van der Waals surface area contributed by atoms with Crippen molar-refractivity contribution in [3.05, 3.63) is 32.8 Å². The summed E-state index contributed by atoms with van der Waals surface area (Å²) in [4.78, 5) is 13.6. The molecule has 6 heteroatoms. The molecule has 2 aliphatic rings. The number of nitrogens with one attached hydrogen (secondary N) is 1. The van der Waals surface area contributed by atoms with Crippen LogP contribution >= 0.6 is 11.6 Å². The molecule has 2 fully saturated rings. The van der Waals surface area contributed by atoms with E-state index in [0.717, 1.165) is 43.5 Å². The fourth-order valence-corrected chi connectivity index (χ4v) is 4.33. The van der Waals surface area contributed by atoms with Crippen LogP contribution in [0.3, 0.4) is 0 Å². The van der Waals surface area contributed by atoms with Crippen molar-refractivity contribution in [2.45, 2.75) is 64.5 Å². The Hall–Kier alpha value is -1.33. The van der Waals surface area contributed by atoms with Crippen LogP contribution in [0.4, 0.5) is 11.4 Å². The average molecular weight is 366 g/mol. The summed E-state index contributed by atoms with van der Waals surface area (Å²) in [7, 11) is 0. The number of benzene rings is 1. The lowest BCUT2D eigenvalue weighted by molar-refractivity contribution is -0.384. The quantitative estimate of drug-likeness (QED) is 0.601. The molecule has 138 valence electrons.